The molecular formula is C16H28N4O2. The summed E-state index contributed by atoms with van der Waals surface area (Å²) in [5, 5.41) is 3.13. The summed E-state index contributed by atoms with van der Waals surface area (Å²) in [5.74, 6) is 1.22. The molecule has 0 aliphatic carbocycles. The lowest BCUT2D eigenvalue weighted by Crippen LogP contribution is -2.49. The maximum Gasteiger partial charge on any atom is 0.234 e. The van der Waals surface area contributed by atoms with Crippen molar-refractivity contribution in [1.29, 1.82) is 0 Å². The standard InChI is InChI=1S/C16H28N4O2/c1-11(2)15(16-17-6-7-19(16)5)18-14(21)10-20-8-12(3)22-13(4)9-20/h6-7,11-13,15H,8-10H2,1-5H3,(H,18,21)/t12-,13+,15-/m0/s1. The fourth-order valence-electron chi connectivity index (χ4n) is 3.04. The Kier molecular flexibility index (Phi) is 5.58. The van der Waals surface area contributed by atoms with E-state index in [1.165, 1.54) is 0 Å². The highest BCUT2D eigenvalue weighted by Gasteiger charge is 2.26. The van der Waals surface area contributed by atoms with E-state index in [1.54, 1.807) is 6.20 Å². The summed E-state index contributed by atoms with van der Waals surface area (Å²) in [5.41, 5.74) is 0. The number of carbonyl (C=O) groups is 1. The van der Waals surface area contributed by atoms with Crippen LogP contribution in [0.3, 0.4) is 0 Å². The molecule has 0 spiro atoms. The lowest BCUT2D eigenvalue weighted by Gasteiger charge is -2.35. The van der Waals surface area contributed by atoms with E-state index in [2.05, 4.69) is 29.0 Å². The Balaban J connectivity index is 1.96. The highest BCUT2D eigenvalue weighted by molar-refractivity contribution is 5.78. The van der Waals surface area contributed by atoms with Crippen molar-refractivity contribution in [2.75, 3.05) is 19.6 Å². The maximum absolute atomic E-state index is 12.4. The fourth-order valence-corrected chi connectivity index (χ4v) is 3.04. The van der Waals surface area contributed by atoms with Gasteiger partial charge in [-0.25, -0.2) is 4.98 Å². The topological polar surface area (TPSA) is 59.4 Å². The van der Waals surface area contributed by atoms with Gasteiger partial charge in [-0.05, 0) is 19.8 Å². The molecule has 2 rings (SSSR count). The quantitative estimate of drug-likeness (QED) is 0.892. The first-order chi connectivity index (χ1) is 10.4. The van der Waals surface area contributed by atoms with Crippen LogP contribution in [-0.4, -0.2) is 52.2 Å². The first-order valence-electron chi connectivity index (χ1n) is 8.01. The number of aryl methyl sites for hydroxylation is 1. The zero-order valence-electron chi connectivity index (χ0n) is 14.2. The average molecular weight is 308 g/mol. The number of hydrogen-bond donors (Lipinski definition) is 1. The SMILES string of the molecule is CC(C)[C@H](NC(=O)CN1C[C@@H](C)O[C@@H](C)C1)c1nccn1C. The van der Waals surface area contributed by atoms with Gasteiger partial charge in [0.05, 0.1) is 24.8 Å². The third kappa shape index (κ3) is 4.30. The first-order valence-corrected chi connectivity index (χ1v) is 8.01. The van der Waals surface area contributed by atoms with Crippen molar-refractivity contribution in [3.63, 3.8) is 0 Å². The summed E-state index contributed by atoms with van der Waals surface area (Å²) in [6, 6.07) is -0.0663. The Bertz CT molecular complexity index is 490. The average Bonchev–Trinajstić information content (AvgIpc) is 2.80. The van der Waals surface area contributed by atoms with Crippen molar-refractivity contribution in [2.24, 2.45) is 13.0 Å². The van der Waals surface area contributed by atoms with E-state index < -0.39 is 0 Å². The lowest BCUT2D eigenvalue weighted by molar-refractivity contribution is -0.127. The summed E-state index contributed by atoms with van der Waals surface area (Å²) in [4.78, 5) is 18.9. The van der Waals surface area contributed by atoms with Crippen molar-refractivity contribution >= 4 is 5.91 Å². The summed E-state index contributed by atoms with van der Waals surface area (Å²) in [7, 11) is 1.95. The Labute approximate surface area is 132 Å². The molecule has 0 radical (unpaired) electrons. The molecule has 1 aromatic rings. The molecule has 1 aromatic heterocycles. The third-order valence-corrected chi connectivity index (χ3v) is 3.98. The van der Waals surface area contributed by atoms with Gasteiger partial charge in [-0.15, -0.1) is 0 Å². The van der Waals surface area contributed by atoms with E-state index in [1.807, 2.05) is 31.7 Å². The van der Waals surface area contributed by atoms with Gasteiger partial charge in [0.25, 0.3) is 0 Å². The highest BCUT2D eigenvalue weighted by Crippen LogP contribution is 2.19. The summed E-state index contributed by atoms with van der Waals surface area (Å²) < 4.78 is 7.67. The van der Waals surface area contributed by atoms with E-state index in [4.69, 9.17) is 4.74 Å². The van der Waals surface area contributed by atoms with Crippen LogP contribution >= 0.6 is 0 Å². The number of morpholine rings is 1. The number of nitrogens with zero attached hydrogens (tertiary/aromatic N) is 3. The summed E-state index contributed by atoms with van der Waals surface area (Å²) in [6.45, 7) is 10.3. The molecule has 1 saturated heterocycles. The molecule has 22 heavy (non-hydrogen) atoms. The monoisotopic (exact) mass is 308 g/mol. The summed E-state index contributed by atoms with van der Waals surface area (Å²) in [6.07, 6.45) is 4.02. The molecule has 0 unspecified atom stereocenters. The molecule has 0 saturated carbocycles. The van der Waals surface area contributed by atoms with Crippen molar-refractivity contribution in [2.45, 2.75) is 45.9 Å². The molecule has 0 bridgehead atoms. The second-order valence-electron chi connectivity index (χ2n) is 6.64. The fraction of sp³-hybridized carbons (Fsp3) is 0.750. The van der Waals surface area contributed by atoms with Crippen molar-refractivity contribution in [3.05, 3.63) is 18.2 Å². The van der Waals surface area contributed by atoms with Gasteiger partial charge in [-0.1, -0.05) is 13.8 Å². The largest absolute Gasteiger partial charge is 0.373 e. The van der Waals surface area contributed by atoms with Crippen LogP contribution in [0.2, 0.25) is 0 Å². The minimum atomic E-state index is -0.0663. The van der Waals surface area contributed by atoms with E-state index >= 15 is 0 Å². The molecule has 1 fully saturated rings. The smallest absolute Gasteiger partial charge is 0.234 e. The molecule has 1 aliphatic heterocycles. The minimum Gasteiger partial charge on any atom is -0.373 e. The first kappa shape index (κ1) is 17.0. The van der Waals surface area contributed by atoms with E-state index in [-0.39, 0.29) is 30.1 Å². The molecule has 2 heterocycles. The predicted octanol–water partition coefficient (Wildman–Crippen LogP) is 1.34. The minimum absolute atomic E-state index is 0.0444. The van der Waals surface area contributed by atoms with Crippen LogP contribution in [0.4, 0.5) is 0 Å². The number of rotatable bonds is 5. The van der Waals surface area contributed by atoms with Crippen LogP contribution in [0.15, 0.2) is 12.4 Å². The van der Waals surface area contributed by atoms with Crippen LogP contribution in [-0.2, 0) is 16.6 Å². The Morgan fingerprint density at radius 1 is 1.41 bits per heavy atom. The van der Waals surface area contributed by atoms with Crippen LogP contribution in [0.1, 0.15) is 39.6 Å². The second kappa shape index (κ2) is 7.24. The number of imidazole rings is 1. The molecule has 6 nitrogen and oxygen atoms in total. The highest BCUT2D eigenvalue weighted by atomic mass is 16.5. The van der Waals surface area contributed by atoms with Gasteiger partial charge in [-0.2, -0.15) is 0 Å². The van der Waals surface area contributed by atoms with Crippen LogP contribution in [0.5, 0.6) is 0 Å². The van der Waals surface area contributed by atoms with Gasteiger partial charge in [-0.3, -0.25) is 9.69 Å². The van der Waals surface area contributed by atoms with Crippen LogP contribution in [0, 0.1) is 5.92 Å². The number of aromatic nitrogens is 2. The molecule has 1 N–H and O–H groups in total. The van der Waals surface area contributed by atoms with E-state index in [9.17, 15) is 4.79 Å². The number of ether oxygens (including phenoxy) is 1. The van der Waals surface area contributed by atoms with Crippen molar-refractivity contribution in [3.8, 4) is 0 Å². The maximum atomic E-state index is 12.4. The number of amides is 1. The van der Waals surface area contributed by atoms with Gasteiger partial charge in [0.1, 0.15) is 5.82 Å². The van der Waals surface area contributed by atoms with Crippen LogP contribution < -0.4 is 5.32 Å². The van der Waals surface area contributed by atoms with Gasteiger partial charge < -0.3 is 14.6 Å². The Morgan fingerprint density at radius 3 is 2.55 bits per heavy atom. The molecule has 1 amide bonds. The number of carbonyl (C=O) groups excluding carboxylic acids is 1. The predicted molar refractivity (Wildman–Crippen MR) is 85.4 cm³/mol. The zero-order chi connectivity index (χ0) is 16.3. The van der Waals surface area contributed by atoms with Gasteiger partial charge >= 0.3 is 0 Å². The van der Waals surface area contributed by atoms with Crippen molar-refractivity contribution < 1.29 is 9.53 Å². The molecule has 124 valence electrons. The molecular weight excluding hydrogens is 280 g/mol. The molecule has 3 atom stereocenters. The Morgan fingerprint density at radius 2 is 2.05 bits per heavy atom. The van der Waals surface area contributed by atoms with E-state index in [0.717, 1.165) is 18.9 Å². The van der Waals surface area contributed by atoms with E-state index in [0.29, 0.717) is 6.54 Å². The molecule has 1 aliphatic rings. The molecule has 6 heteroatoms. The Hall–Kier alpha value is -1.40. The zero-order valence-corrected chi connectivity index (χ0v) is 14.2. The number of nitrogens with one attached hydrogen (secondary N) is 1. The molecule has 0 aromatic carbocycles. The van der Waals surface area contributed by atoms with Gasteiger partial charge in [0.15, 0.2) is 0 Å². The second-order valence-corrected chi connectivity index (χ2v) is 6.64. The lowest BCUT2D eigenvalue weighted by atomic mass is 10.0. The number of hydrogen-bond acceptors (Lipinski definition) is 4. The van der Waals surface area contributed by atoms with Gasteiger partial charge in [0.2, 0.25) is 5.91 Å². The van der Waals surface area contributed by atoms with Crippen LogP contribution in [0.25, 0.3) is 0 Å². The summed E-state index contributed by atoms with van der Waals surface area (Å²) >= 11 is 0. The third-order valence-electron chi connectivity index (χ3n) is 3.98. The van der Waals surface area contributed by atoms with Gasteiger partial charge in [0, 0.05) is 32.5 Å². The van der Waals surface area contributed by atoms with Crippen molar-refractivity contribution in [1.82, 2.24) is 19.8 Å². The normalized spacial score (nSPS) is 24.5.